The zero-order chi connectivity index (χ0) is 15.5. The number of aromatic nitrogens is 4. The second-order valence-electron chi connectivity index (χ2n) is 5.99. The number of H-pyrrole nitrogens is 1. The second kappa shape index (κ2) is 6.14. The van der Waals surface area contributed by atoms with E-state index >= 15 is 0 Å². The number of hydrogen-bond donors (Lipinski definition) is 2. The fourth-order valence-electron chi connectivity index (χ4n) is 2.93. The predicted molar refractivity (Wildman–Crippen MR) is 83.7 cm³/mol. The van der Waals surface area contributed by atoms with Crippen LogP contribution < -0.4 is 5.32 Å². The highest BCUT2D eigenvalue weighted by Crippen LogP contribution is 2.34. The summed E-state index contributed by atoms with van der Waals surface area (Å²) in [4.78, 5) is 9.25. The Kier molecular flexibility index (Phi) is 4.05. The molecule has 2 aromatic rings. The summed E-state index contributed by atoms with van der Waals surface area (Å²) < 4.78 is 0. The molecule has 1 aliphatic carbocycles. The van der Waals surface area contributed by atoms with Crippen LogP contribution in [0.15, 0.2) is 12.1 Å². The van der Waals surface area contributed by atoms with Gasteiger partial charge in [0.05, 0.1) is 6.07 Å². The minimum atomic E-state index is 0.200. The van der Waals surface area contributed by atoms with Crippen molar-refractivity contribution >= 4 is 11.6 Å². The number of aromatic amines is 1. The van der Waals surface area contributed by atoms with Crippen molar-refractivity contribution in [2.75, 3.05) is 5.32 Å². The fraction of sp³-hybridized carbons (Fsp3) is 0.500. The molecule has 0 bridgehead atoms. The van der Waals surface area contributed by atoms with Crippen molar-refractivity contribution < 1.29 is 0 Å². The summed E-state index contributed by atoms with van der Waals surface area (Å²) >= 11 is 0. The van der Waals surface area contributed by atoms with Crippen LogP contribution >= 0.6 is 0 Å². The first-order chi connectivity index (χ1) is 10.6. The lowest BCUT2D eigenvalue weighted by molar-refractivity contribution is 0.371. The minimum absolute atomic E-state index is 0.200. The van der Waals surface area contributed by atoms with E-state index in [4.69, 9.17) is 5.26 Å². The molecule has 2 aromatic heterocycles. The maximum Gasteiger partial charge on any atom is 0.153 e. The van der Waals surface area contributed by atoms with Crippen LogP contribution in [0.5, 0.6) is 0 Å². The van der Waals surface area contributed by atoms with E-state index in [-0.39, 0.29) is 5.92 Å². The van der Waals surface area contributed by atoms with Crippen LogP contribution in [0.2, 0.25) is 0 Å². The molecule has 2 heterocycles. The van der Waals surface area contributed by atoms with Crippen LogP contribution in [0.4, 0.5) is 11.6 Å². The molecular weight excluding hydrogens is 276 g/mol. The first-order valence-electron chi connectivity index (χ1n) is 7.68. The van der Waals surface area contributed by atoms with E-state index in [0.29, 0.717) is 5.92 Å². The number of nitrogens with zero attached hydrogens (tertiary/aromatic N) is 4. The van der Waals surface area contributed by atoms with E-state index in [0.717, 1.165) is 54.5 Å². The van der Waals surface area contributed by atoms with Crippen molar-refractivity contribution in [3.63, 3.8) is 0 Å². The highest BCUT2D eigenvalue weighted by atomic mass is 15.2. The average Bonchev–Trinajstić information content (AvgIpc) is 2.92. The average molecular weight is 296 g/mol. The normalized spacial score (nSPS) is 21.3. The maximum atomic E-state index is 9.00. The van der Waals surface area contributed by atoms with E-state index in [1.165, 1.54) is 0 Å². The minimum Gasteiger partial charge on any atom is -0.323 e. The number of nitrogens with one attached hydrogen (secondary N) is 2. The lowest BCUT2D eigenvalue weighted by atomic mass is 9.82. The number of rotatable bonds is 3. The molecular formula is C16H20N6. The van der Waals surface area contributed by atoms with Crippen LogP contribution in [0, 0.1) is 31.1 Å². The maximum absolute atomic E-state index is 9.00. The van der Waals surface area contributed by atoms with E-state index in [9.17, 15) is 0 Å². The fourth-order valence-corrected chi connectivity index (χ4v) is 2.93. The molecule has 0 spiro atoms. The van der Waals surface area contributed by atoms with Crippen LogP contribution in [0.1, 0.15) is 48.8 Å². The summed E-state index contributed by atoms with van der Waals surface area (Å²) in [6, 6.07) is 6.23. The first kappa shape index (κ1) is 14.5. The molecule has 3 rings (SSSR count). The quantitative estimate of drug-likeness (QED) is 0.906. The molecule has 6 nitrogen and oxygen atoms in total. The highest BCUT2D eigenvalue weighted by Gasteiger charge is 2.24. The topological polar surface area (TPSA) is 90.3 Å². The van der Waals surface area contributed by atoms with Gasteiger partial charge in [-0.3, -0.25) is 5.10 Å². The number of nitriles is 1. The van der Waals surface area contributed by atoms with Gasteiger partial charge in [-0.15, -0.1) is 0 Å². The standard InChI is InChI=1S/C16H20N6/c1-10-7-14(19-15-8-11(2)21-22-15)20-16(18-10)13-5-3-12(9-17)4-6-13/h7-8,12-13H,3-6H2,1-2H3,(H2,18,19,20,21,22). The number of hydrogen-bond acceptors (Lipinski definition) is 5. The number of aryl methyl sites for hydroxylation is 2. The van der Waals surface area contributed by atoms with Crippen molar-refractivity contribution in [2.45, 2.75) is 45.4 Å². The molecule has 1 fully saturated rings. The Bertz CT molecular complexity index is 691. The van der Waals surface area contributed by atoms with Gasteiger partial charge in [0.1, 0.15) is 11.6 Å². The van der Waals surface area contributed by atoms with Crippen LogP contribution in [0.3, 0.4) is 0 Å². The summed E-state index contributed by atoms with van der Waals surface area (Å²) in [5.41, 5.74) is 1.95. The molecule has 0 saturated heterocycles. The highest BCUT2D eigenvalue weighted by molar-refractivity contribution is 5.52. The first-order valence-corrected chi connectivity index (χ1v) is 7.68. The Balaban J connectivity index is 1.77. The van der Waals surface area contributed by atoms with Crippen molar-refractivity contribution in [1.82, 2.24) is 20.2 Å². The summed E-state index contributed by atoms with van der Waals surface area (Å²) in [5, 5.41) is 19.3. The summed E-state index contributed by atoms with van der Waals surface area (Å²) in [7, 11) is 0. The molecule has 0 unspecified atom stereocenters. The van der Waals surface area contributed by atoms with Crippen molar-refractivity contribution in [3.05, 3.63) is 29.3 Å². The second-order valence-corrected chi connectivity index (χ2v) is 5.99. The molecule has 0 amide bonds. The van der Waals surface area contributed by atoms with Gasteiger partial charge < -0.3 is 5.32 Å². The lowest BCUT2D eigenvalue weighted by Crippen LogP contribution is -2.15. The Morgan fingerprint density at radius 2 is 1.91 bits per heavy atom. The van der Waals surface area contributed by atoms with Gasteiger partial charge in [0.25, 0.3) is 0 Å². The van der Waals surface area contributed by atoms with Crippen LogP contribution in [0.25, 0.3) is 0 Å². The summed E-state index contributed by atoms with van der Waals surface area (Å²) in [6.07, 6.45) is 3.87. The Labute approximate surface area is 130 Å². The molecule has 0 aromatic carbocycles. The van der Waals surface area contributed by atoms with Gasteiger partial charge in [-0.05, 0) is 39.5 Å². The van der Waals surface area contributed by atoms with Gasteiger partial charge in [-0.25, -0.2) is 9.97 Å². The molecule has 0 aliphatic heterocycles. The largest absolute Gasteiger partial charge is 0.323 e. The molecule has 2 N–H and O–H groups in total. The van der Waals surface area contributed by atoms with Crippen molar-refractivity contribution in [1.29, 1.82) is 5.26 Å². The van der Waals surface area contributed by atoms with Gasteiger partial charge in [0, 0.05) is 35.4 Å². The van der Waals surface area contributed by atoms with Gasteiger partial charge >= 0.3 is 0 Å². The SMILES string of the molecule is Cc1cc(Nc2cc(C)[nH]n2)nc(C2CCC(C#N)CC2)n1. The van der Waals surface area contributed by atoms with Gasteiger partial charge in [-0.2, -0.15) is 10.4 Å². The van der Waals surface area contributed by atoms with E-state index < -0.39 is 0 Å². The molecule has 1 saturated carbocycles. The molecule has 6 heteroatoms. The number of anilines is 2. The van der Waals surface area contributed by atoms with Gasteiger partial charge in [0.2, 0.25) is 0 Å². The lowest BCUT2D eigenvalue weighted by Gasteiger charge is -2.24. The zero-order valence-electron chi connectivity index (χ0n) is 12.9. The van der Waals surface area contributed by atoms with E-state index in [1.54, 1.807) is 0 Å². The van der Waals surface area contributed by atoms with Crippen molar-refractivity contribution in [2.24, 2.45) is 5.92 Å². The molecule has 114 valence electrons. The molecule has 1 aliphatic rings. The van der Waals surface area contributed by atoms with E-state index in [2.05, 4.69) is 31.6 Å². The molecule has 0 radical (unpaired) electrons. The monoisotopic (exact) mass is 296 g/mol. The van der Waals surface area contributed by atoms with Crippen LogP contribution in [-0.4, -0.2) is 20.2 Å². The third-order valence-electron chi connectivity index (χ3n) is 4.11. The Hall–Kier alpha value is -2.42. The third kappa shape index (κ3) is 3.25. The van der Waals surface area contributed by atoms with Crippen molar-refractivity contribution in [3.8, 4) is 6.07 Å². The van der Waals surface area contributed by atoms with Gasteiger partial charge in [0.15, 0.2) is 5.82 Å². The Morgan fingerprint density at radius 3 is 2.55 bits per heavy atom. The third-order valence-corrected chi connectivity index (χ3v) is 4.11. The van der Waals surface area contributed by atoms with Gasteiger partial charge in [-0.1, -0.05) is 0 Å². The summed E-state index contributed by atoms with van der Waals surface area (Å²) in [5.74, 6) is 2.97. The van der Waals surface area contributed by atoms with E-state index in [1.807, 2.05) is 26.0 Å². The molecule has 0 atom stereocenters. The molecule has 22 heavy (non-hydrogen) atoms. The Morgan fingerprint density at radius 1 is 1.14 bits per heavy atom. The zero-order valence-corrected chi connectivity index (χ0v) is 12.9. The summed E-state index contributed by atoms with van der Waals surface area (Å²) in [6.45, 7) is 3.94. The van der Waals surface area contributed by atoms with Crippen LogP contribution in [-0.2, 0) is 0 Å². The smallest absolute Gasteiger partial charge is 0.153 e. The predicted octanol–water partition coefficient (Wildman–Crippen LogP) is 3.36.